The molecule has 0 spiro atoms. The SMILES string of the molecule is CC1CN(c2ccc([C@@H](C)N)cc2Br)CC1N(C)C. The molecule has 0 aliphatic carbocycles. The number of hydrogen-bond acceptors (Lipinski definition) is 3. The predicted molar refractivity (Wildman–Crippen MR) is 85.6 cm³/mol. The third-order valence-corrected chi connectivity index (χ3v) is 4.71. The van der Waals surface area contributed by atoms with Gasteiger partial charge in [-0.05, 0) is 60.6 Å². The summed E-state index contributed by atoms with van der Waals surface area (Å²) in [6, 6.07) is 7.18. The fraction of sp³-hybridized carbons (Fsp3) is 0.600. The van der Waals surface area contributed by atoms with Crippen molar-refractivity contribution in [3.63, 3.8) is 0 Å². The van der Waals surface area contributed by atoms with Crippen LogP contribution < -0.4 is 10.6 Å². The molecule has 0 aromatic heterocycles. The van der Waals surface area contributed by atoms with Crippen LogP contribution in [-0.2, 0) is 0 Å². The quantitative estimate of drug-likeness (QED) is 0.927. The maximum atomic E-state index is 5.93. The van der Waals surface area contributed by atoms with Crippen molar-refractivity contribution < 1.29 is 0 Å². The zero-order valence-electron chi connectivity index (χ0n) is 12.2. The molecule has 2 unspecified atom stereocenters. The summed E-state index contributed by atoms with van der Waals surface area (Å²) in [4.78, 5) is 4.79. The lowest BCUT2D eigenvalue weighted by atomic mass is 10.1. The van der Waals surface area contributed by atoms with Gasteiger partial charge in [-0.15, -0.1) is 0 Å². The van der Waals surface area contributed by atoms with E-state index in [1.807, 2.05) is 6.92 Å². The largest absolute Gasteiger partial charge is 0.369 e. The predicted octanol–water partition coefficient (Wildman–Crippen LogP) is 2.86. The minimum absolute atomic E-state index is 0.0809. The van der Waals surface area contributed by atoms with E-state index in [0.717, 1.165) is 17.6 Å². The number of halogens is 1. The minimum atomic E-state index is 0.0809. The second kappa shape index (κ2) is 5.81. The minimum Gasteiger partial charge on any atom is -0.369 e. The molecule has 106 valence electrons. The maximum absolute atomic E-state index is 5.93. The van der Waals surface area contributed by atoms with Crippen LogP contribution in [0.1, 0.15) is 25.5 Å². The third-order valence-electron chi connectivity index (χ3n) is 4.07. The van der Waals surface area contributed by atoms with Crippen LogP contribution in [0, 0.1) is 5.92 Å². The van der Waals surface area contributed by atoms with Crippen molar-refractivity contribution in [1.29, 1.82) is 0 Å². The number of benzene rings is 1. The normalized spacial score (nSPS) is 25.1. The molecule has 1 heterocycles. The first-order chi connectivity index (χ1) is 8.90. The molecule has 1 fully saturated rings. The van der Waals surface area contributed by atoms with Gasteiger partial charge in [0.25, 0.3) is 0 Å². The van der Waals surface area contributed by atoms with Gasteiger partial charge in [-0.1, -0.05) is 13.0 Å². The van der Waals surface area contributed by atoms with Crippen LogP contribution in [0.4, 0.5) is 5.69 Å². The molecule has 1 aliphatic heterocycles. The summed E-state index contributed by atoms with van der Waals surface area (Å²) in [5, 5.41) is 0. The summed E-state index contributed by atoms with van der Waals surface area (Å²) in [7, 11) is 4.33. The van der Waals surface area contributed by atoms with Crippen LogP contribution in [-0.4, -0.2) is 38.1 Å². The average molecular weight is 326 g/mol. The molecule has 2 N–H and O–H groups in total. The molecule has 1 aromatic carbocycles. The topological polar surface area (TPSA) is 32.5 Å². The molecule has 0 bridgehead atoms. The number of rotatable bonds is 3. The molecule has 1 aromatic rings. The Balaban J connectivity index is 2.20. The Labute approximate surface area is 124 Å². The molecule has 0 saturated carbocycles. The first-order valence-electron chi connectivity index (χ1n) is 6.86. The third kappa shape index (κ3) is 3.12. The smallest absolute Gasteiger partial charge is 0.0511 e. The zero-order valence-corrected chi connectivity index (χ0v) is 13.8. The van der Waals surface area contributed by atoms with E-state index in [2.05, 4.69) is 64.9 Å². The van der Waals surface area contributed by atoms with Gasteiger partial charge in [0.05, 0.1) is 5.69 Å². The van der Waals surface area contributed by atoms with Gasteiger partial charge >= 0.3 is 0 Å². The van der Waals surface area contributed by atoms with Crippen molar-refractivity contribution in [1.82, 2.24) is 4.90 Å². The summed E-state index contributed by atoms with van der Waals surface area (Å²) < 4.78 is 1.15. The lowest BCUT2D eigenvalue weighted by Gasteiger charge is -2.24. The van der Waals surface area contributed by atoms with Gasteiger partial charge in [-0.2, -0.15) is 0 Å². The number of nitrogens with two attached hydrogens (primary N) is 1. The van der Waals surface area contributed by atoms with Gasteiger partial charge in [0.1, 0.15) is 0 Å². The van der Waals surface area contributed by atoms with Crippen molar-refractivity contribution in [3.05, 3.63) is 28.2 Å². The van der Waals surface area contributed by atoms with E-state index in [1.54, 1.807) is 0 Å². The van der Waals surface area contributed by atoms with Gasteiger partial charge in [-0.3, -0.25) is 0 Å². The van der Waals surface area contributed by atoms with Gasteiger partial charge < -0.3 is 15.5 Å². The molecule has 2 rings (SSSR count). The van der Waals surface area contributed by atoms with E-state index in [1.165, 1.54) is 11.3 Å². The summed E-state index contributed by atoms with van der Waals surface area (Å²) in [6.45, 7) is 6.54. The molecule has 3 nitrogen and oxygen atoms in total. The maximum Gasteiger partial charge on any atom is 0.0511 e. The molecule has 1 aliphatic rings. The van der Waals surface area contributed by atoms with Crippen LogP contribution in [0.3, 0.4) is 0 Å². The van der Waals surface area contributed by atoms with E-state index < -0.39 is 0 Å². The molecular formula is C15H24BrN3. The summed E-state index contributed by atoms with van der Waals surface area (Å²) >= 11 is 3.69. The van der Waals surface area contributed by atoms with Crippen molar-refractivity contribution in [3.8, 4) is 0 Å². The second-order valence-corrected chi connectivity index (χ2v) is 6.77. The highest BCUT2D eigenvalue weighted by Crippen LogP contribution is 2.33. The monoisotopic (exact) mass is 325 g/mol. The van der Waals surface area contributed by atoms with Gasteiger partial charge in [-0.25, -0.2) is 0 Å². The Hall–Kier alpha value is -0.580. The molecule has 1 saturated heterocycles. The van der Waals surface area contributed by atoms with Crippen LogP contribution in [0.15, 0.2) is 22.7 Å². The van der Waals surface area contributed by atoms with E-state index in [-0.39, 0.29) is 6.04 Å². The fourth-order valence-corrected chi connectivity index (χ4v) is 3.53. The standard InChI is InChI=1S/C15H24BrN3/c1-10-8-19(9-15(10)18(3)4)14-6-5-12(11(2)17)7-13(14)16/h5-7,10-11,15H,8-9,17H2,1-4H3/t10?,11-,15?/m1/s1. The second-order valence-electron chi connectivity index (χ2n) is 5.91. The molecule has 19 heavy (non-hydrogen) atoms. The lowest BCUT2D eigenvalue weighted by molar-refractivity contribution is 0.266. The van der Waals surface area contributed by atoms with E-state index in [4.69, 9.17) is 5.73 Å². The zero-order chi connectivity index (χ0) is 14.2. The number of hydrogen-bond donors (Lipinski definition) is 1. The first-order valence-corrected chi connectivity index (χ1v) is 7.66. The number of likely N-dealkylation sites (N-methyl/N-ethyl adjacent to an activating group) is 1. The first kappa shape index (κ1) is 14.8. The number of anilines is 1. The van der Waals surface area contributed by atoms with Gasteiger partial charge in [0.2, 0.25) is 0 Å². The van der Waals surface area contributed by atoms with E-state index in [9.17, 15) is 0 Å². The van der Waals surface area contributed by atoms with Crippen LogP contribution >= 0.6 is 15.9 Å². The summed E-state index contributed by atoms with van der Waals surface area (Å²) in [5.74, 6) is 0.690. The van der Waals surface area contributed by atoms with Crippen molar-refractivity contribution in [2.45, 2.75) is 25.9 Å². The number of nitrogens with zero attached hydrogens (tertiary/aromatic N) is 2. The van der Waals surface area contributed by atoms with Crippen LogP contribution in [0.25, 0.3) is 0 Å². The molecule has 4 heteroatoms. The molecule has 0 amide bonds. The van der Waals surface area contributed by atoms with E-state index >= 15 is 0 Å². The highest BCUT2D eigenvalue weighted by Gasteiger charge is 2.31. The van der Waals surface area contributed by atoms with Crippen LogP contribution in [0.5, 0.6) is 0 Å². The summed E-state index contributed by atoms with van der Waals surface area (Å²) in [6.07, 6.45) is 0. The Morgan fingerprint density at radius 1 is 1.37 bits per heavy atom. The average Bonchev–Trinajstić information content (AvgIpc) is 2.71. The van der Waals surface area contributed by atoms with Crippen LogP contribution in [0.2, 0.25) is 0 Å². The lowest BCUT2D eigenvalue weighted by Crippen LogP contribution is -2.34. The van der Waals surface area contributed by atoms with Crippen molar-refractivity contribution in [2.24, 2.45) is 11.7 Å². The Bertz CT molecular complexity index is 445. The summed E-state index contributed by atoms with van der Waals surface area (Å²) in [5.41, 5.74) is 8.38. The van der Waals surface area contributed by atoms with Gasteiger partial charge in [0.15, 0.2) is 0 Å². The molecule has 0 radical (unpaired) electrons. The highest BCUT2D eigenvalue weighted by atomic mass is 79.9. The fourth-order valence-electron chi connectivity index (χ4n) is 2.88. The van der Waals surface area contributed by atoms with Crippen molar-refractivity contribution >= 4 is 21.6 Å². The van der Waals surface area contributed by atoms with E-state index in [0.29, 0.717) is 12.0 Å². The Morgan fingerprint density at radius 3 is 2.53 bits per heavy atom. The van der Waals surface area contributed by atoms with Gasteiger partial charge in [0, 0.05) is 29.6 Å². The Morgan fingerprint density at radius 2 is 2.05 bits per heavy atom. The highest BCUT2D eigenvalue weighted by molar-refractivity contribution is 9.10. The Kier molecular flexibility index (Phi) is 4.54. The molecule has 3 atom stereocenters. The van der Waals surface area contributed by atoms with Crippen molar-refractivity contribution in [2.75, 3.05) is 32.1 Å². The molecular weight excluding hydrogens is 302 g/mol.